The normalized spacial score (nSPS) is 34.0. The molecule has 1 aromatic rings. The fraction of sp³-hybridized carbons (Fsp3) is 0.500. The van der Waals surface area contributed by atoms with Gasteiger partial charge in [-0.1, -0.05) is 31.2 Å². The van der Waals surface area contributed by atoms with Gasteiger partial charge in [-0.15, -0.1) is 0 Å². The zero-order valence-electron chi connectivity index (χ0n) is 19.9. The SMILES string of the molecule is CC[C@@]12C=CCCOC(=O)[C@@H]1[C@H]1C(=O)N(CCO)C3C(=O)N(c4ccc(OC)cc4)CC=C[C@@]31O2. The van der Waals surface area contributed by atoms with Gasteiger partial charge in [0.25, 0.3) is 5.91 Å². The highest BCUT2D eigenvalue weighted by Crippen LogP contribution is 2.58. The highest BCUT2D eigenvalue weighted by Gasteiger charge is 2.75. The van der Waals surface area contributed by atoms with Crippen LogP contribution in [0, 0.1) is 11.8 Å². The Kier molecular flexibility index (Phi) is 5.93. The fourth-order valence-corrected chi connectivity index (χ4v) is 6.07. The summed E-state index contributed by atoms with van der Waals surface area (Å²) in [6, 6.07) is 6.06. The van der Waals surface area contributed by atoms with Crippen LogP contribution in [0.25, 0.3) is 0 Å². The van der Waals surface area contributed by atoms with Crippen LogP contribution in [0.5, 0.6) is 5.75 Å². The number of ether oxygens (including phenoxy) is 3. The van der Waals surface area contributed by atoms with Crippen LogP contribution >= 0.6 is 0 Å². The van der Waals surface area contributed by atoms with Crippen molar-refractivity contribution in [1.82, 2.24) is 4.90 Å². The highest BCUT2D eigenvalue weighted by molar-refractivity contribution is 6.05. The number of hydrogen-bond acceptors (Lipinski definition) is 7. The molecule has 35 heavy (non-hydrogen) atoms. The monoisotopic (exact) mass is 482 g/mol. The van der Waals surface area contributed by atoms with Crippen LogP contribution in [-0.4, -0.2) is 78.4 Å². The zero-order valence-corrected chi connectivity index (χ0v) is 19.9. The van der Waals surface area contributed by atoms with Crippen LogP contribution in [0.2, 0.25) is 0 Å². The predicted octanol–water partition coefficient (Wildman–Crippen LogP) is 1.45. The molecule has 4 heterocycles. The Morgan fingerprint density at radius 2 is 1.86 bits per heavy atom. The van der Waals surface area contributed by atoms with Crippen molar-refractivity contribution in [2.24, 2.45) is 11.8 Å². The number of benzene rings is 1. The minimum Gasteiger partial charge on any atom is -0.497 e. The van der Waals surface area contributed by atoms with Gasteiger partial charge in [0, 0.05) is 18.8 Å². The summed E-state index contributed by atoms with van der Waals surface area (Å²) in [5, 5.41) is 9.76. The molecular formula is C26H30N2O7. The summed E-state index contributed by atoms with van der Waals surface area (Å²) in [5.41, 5.74) is -1.79. The summed E-state index contributed by atoms with van der Waals surface area (Å²) in [5.74, 6) is -2.38. The highest BCUT2D eigenvalue weighted by atomic mass is 16.6. The number of anilines is 1. The zero-order chi connectivity index (χ0) is 24.8. The number of rotatable bonds is 5. The summed E-state index contributed by atoms with van der Waals surface area (Å²) in [6.45, 7) is 2.03. The quantitative estimate of drug-likeness (QED) is 0.500. The molecule has 186 valence electrons. The maximum absolute atomic E-state index is 14.1. The number of nitrogens with zero attached hydrogens (tertiary/aromatic N) is 2. The average Bonchev–Trinajstić information content (AvgIpc) is 3.20. The molecule has 1 spiro atoms. The number of aliphatic hydroxyl groups excluding tert-OH is 1. The molecule has 0 aliphatic carbocycles. The number of methoxy groups -OCH3 is 1. The Morgan fingerprint density at radius 1 is 1.09 bits per heavy atom. The predicted molar refractivity (Wildman–Crippen MR) is 126 cm³/mol. The van der Waals surface area contributed by atoms with Gasteiger partial charge in [-0.05, 0) is 37.1 Å². The van der Waals surface area contributed by atoms with Crippen molar-refractivity contribution < 1.29 is 33.7 Å². The molecule has 2 amide bonds. The van der Waals surface area contributed by atoms with E-state index in [0.717, 1.165) is 0 Å². The number of β-amino-alcohol motifs (C(OH)–C–C–N with tert-alkyl or cyclic N) is 1. The number of fused-ring (bicyclic) bond motifs is 2. The number of amides is 2. The van der Waals surface area contributed by atoms with Gasteiger partial charge in [0.05, 0.1) is 26.2 Å². The molecule has 5 rings (SSSR count). The summed E-state index contributed by atoms with van der Waals surface area (Å²) < 4.78 is 17.5. The lowest BCUT2D eigenvalue weighted by molar-refractivity contribution is -0.160. The van der Waals surface area contributed by atoms with Gasteiger partial charge in [-0.3, -0.25) is 14.4 Å². The van der Waals surface area contributed by atoms with Crippen LogP contribution in [0.3, 0.4) is 0 Å². The van der Waals surface area contributed by atoms with Crippen molar-refractivity contribution >= 4 is 23.5 Å². The number of aliphatic hydroxyl groups is 1. The van der Waals surface area contributed by atoms with Crippen LogP contribution in [0.1, 0.15) is 19.8 Å². The molecule has 9 heteroatoms. The Balaban J connectivity index is 1.64. The smallest absolute Gasteiger partial charge is 0.313 e. The molecule has 1 N–H and O–H groups in total. The first-order chi connectivity index (χ1) is 16.9. The third kappa shape index (κ3) is 3.40. The van der Waals surface area contributed by atoms with Crippen LogP contribution in [0.4, 0.5) is 5.69 Å². The number of cyclic esters (lactones) is 1. The van der Waals surface area contributed by atoms with Crippen LogP contribution < -0.4 is 9.64 Å². The lowest BCUT2D eigenvalue weighted by Crippen LogP contribution is -2.56. The number of esters is 1. The molecule has 2 saturated heterocycles. The molecule has 5 atom stereocenters. The third-order valence-corrected chi connectivity index (χ3v) is 7.63. The van der Waals surface area contributed by atoms with Gasteiger partial charge in [0.15, 0.2) is 0 Å². The van der Waals surface area contributed by atoms with Crippen LogP contribution in [0.15, 0.2) is 48.6 Å². The largest absolute Gasteiger partial charge is 0.497 e. The second kappa shape index (κ2) is 8.80. The number of likely N-dealkylation sites (tertiary alicyclic amines) is 1. The second-order valence-electron chi connectivity index (χ2n) is 9.29. The van der Waals surface area contributed by atoms with Crippen molar-refractivity contribution in [3.05, 3.63) is 48.6 Å². The van der Waals surface area contributed by atoms with Gasteiger partial charge in [0.1, 0.15) is 28.9 Å². The van der Waals surface area contributed by atoms with Crippen molar-refractivity contribution in [3.8, 4) is 5.75 Å². The first-order valence-corrected chi connectivity index (χ1v) is 12.0. The standard InChI is InChI=1S/C26H30N2O7/c1-3-25-11-4-5-16-34-24(32)20(25)19-22(30)28(14-15-29)21-23(31)27(13-6-12-26(19,21)35-25)17-7-9-18(33-2)10-8-17/h4,6-12,19-21,29H,3,5,13-16H2,1-2H3/t19-,20-,21?,25+,26-/m0/s1. The fourth-order valence-electron chi connectivity index (χ4n) is 6.07. The van der Waals surface area contributed by atoms with Gasteiger partial charge >= 0.3 is 5.97 Å². The Morgan fingerprint density at radius 3 is 2.54 bits per heavy atom. The molecule has 1 aromatic carbocycles. The van der Waals surface area contributed by atoms with E-state index in [4.69, 9.17) is 14.2 Å². The minimum absolute atomic E-state index is 0.0438. The van der Waals surface area contributed by atoms with E-state index in [1.807, 2.05) is 25.2 Å². The lowest BCUT2D eigenvalue weighted by atomic mass is 9.73. The number of carbonyl (C=O) groups excluding carboxylic acids is 3. The maximum Gasteiger partial charge on any atom is 0.313 e. The number of hydrogen-bond donors (Lipinski definition) is 1. The third-order valence-electron chi connectivity index (χ3n) is 7.63. The summed E-state index contributed by atoms with van der Waals surface area (Å²) in [6.07, 6.45) is 8.37. The van der Waals surface area contributed by atoms with Crippen molar-refractivity contribution in [3.63, 3.8) is 0 Å². The summed E-state index contributed by atoms with van der Waals surface area (Å²) in [7, 11) is 1.57. The summed E-state index contributed by atoms with van der Waals surface area (Å²) >= 11 is 0. The topological polar surface area (TPSA) is 106 Å². The second-order valence-corrected chi connectivity index (χ2v) is 9.29. The number of carbonyl (C=O) groups is 3. The van der Waals surface area contributed by atoms with E-state index in [-0.39, 0.29) is 38.1 Å². The first-order valence-electron chi connectivity index (χ1n) is 12.0. The Labute approximate surface area is 203 Å². The molecule has 1 unspecified atom stereocenters. The van der Waals surface area contributed by atoms with Gasteiger partial charge < -0.3 is 29.1 Å². The Hall–Kier alpha value is -3.17. The van der Waals surface area contributed by atoms with Crippen molar-refractivity contribution in [1.29, 1.82) is 0 Å². The summed E-state index contributed by atoms with van der Waals surface area (Å²) in [4.78, 5) is 44.2. The van der Waals surface area contributed by atoms with E-state index in [2.05, 4.69) is 0 Å². The maximum atomic E-state index is 14.1. The van der Waals surface area contributed by atoms with Crippen molar-refractivity contribution in [2.45, 2.75) is 37.0 Å². The van der Waals surface area contributed by atoms with Gasteiger partial charge in [-0.25, -0.2) is 0 Å². The first kappa shape index (κ1) is 23.6. The minimum atomic E-state index is -1.36. The molecule has 0 aromatic heterocycles. The van der Waals surface area contributed by atoms with E-state index in [1.165, 1.54) is 4.90 Å². The molecule has 0 bridgehead atoms. The molecule has 0 radical (unpaired) electrons. The molecule has 2 fully saturated rings. The van der Waals surface area contributed by atoms with E-state index >= 15 is 0 Å². The average molecular weight is 483 g/mol. The van der Waals surface area contributed by atoms with Crippen LogP contribution in [-0.2, 0) is 23.9 Å². The molecule has 0 saturated carbocycles. The van der Waals surface area contributed by atoms with E-state index in [1.54, 1.807) is 42.4 Å². The Bertz CT molecular complexity index is 1080. The van der Waals surface area contributed by atoms with E-state index in [9.17, 15) is 19.5 Å². The van der Waals surface area contributed by atoms with Gasteiger partial charge in [0.2, 0.25) is 5.91 Å². The van der Waals surface area contributed by atoms with Gasteiger partial charge in [-0.2, -0.15) is 0 Å². The lowest BCUT2D eigenvalue weighted by Gasteiger charge is -2.38. The molecule has 4 aliphatic rings. The molecular weight excluding hydrogens is 452 g/mol. The van der Waals surface area contributed by atoms with E-state index < -0.39 is 35.0 Å². The van der Waals surface area contributed by atoms with Crippen molar-refractivity contribution in [2.75, 3.05) is 38.3 Å². The molecule has 9 nitrogen and oxygen atoms in total. The molecule has 4 aliphatic heterocycles. The van der Waals surface area contributed by atoms with E-state index in [0.29, 0.717) is 24.3 Å².